The maximum atomic E-state index is 11.6. The Balaban J connectivity index is 1.94. The second-order valence-corrected chi connectivity index (χ2v) is 3.48. The lowest BCUT2D eigenvalue weighted by Gasteiger charge is -2.01. The summed E-state index contributed by atoms with van der Waals surface area (Å²) in [6.07, 6.45) is 3.42. The Kier molecular flexibility index (Phi) is 2.95. The first kappa shape index (κ1) is 10.4. The van der Waals surface area contributed by atoms with Gasteiger partial charge in [0.15, 0.2) is 0 Å². The molecule has 0 bridgehead atoms. The molecule has 2 heterocycles. The molecule has 2 N–H and O–H groups in total. The van der Waals surface area contributed by atoms with Crippen LogP contribution in [0, 0.1) is 6.92 Å². The van der Waals surface area contributed by atoms with Gasteiger partial charge in [-0.25, -0.2) is 0 Å². The number of hydrogen-bond acceptors (Lipinski definition) is 3. The van der Waals surface area contributed by atoms with E-state index < -0.39 is 0 Å². The number of nitrogens with zero attached hydrogens (tertiary/aromatic N) is 2. The number of carbonyl (C=O) groups is 1. The van der Waals surface area contributed by atoms with Gasteiger partial charge in [0.2, 0.25) is 0 Å². The van der Waals surface area contributed by atoms with Crippen LogP contribution < -0.4 is 5.32 Å². The molecular formula is C11H12N4O. The Labute approximate surface area is 92.9 Å². The largest absolute Gasteiger partial charge is 0.347 e. The minimum atomic E-state index is -0.187. The molecule has 82 valence electrons. The molecule has 1 amide bonds. The summed E-state index contributed by atoms with van der Waals surface area (Å²) in [7, 11) is 0. The van der Waals surface area contributed by atoms with Crippen molar-refractivity contribution in [3.05, 3.63) is 47.5 Å². The molecule has 0 aliphatic heterocycles. The fourth-order valence-electron chi connectivity index (χ4n) is 1.31. The third-order valence-corrected chi connectivity index (χ3v) is 2.11. The van der Waals surface area contributed by atoms with Gasteiger partial charge in [0.1, 0.15) is 5.69 Å². The van der Waals surface area contributed by atoms with E-state index in [4.69, 9.17) is 0 Å². The van der Waals surface area contributed by atoms with Gasteiger partial charge in [-0.1, -0.05) is 6.07 Å². The maximum absolute atomic E-state index is 11.6. The van der Waals surface area contributed by atoms with Crippen molar-refractivity contribution >= 4 is 5.91 Å². The minimum absolute atomic E-state index is 0.187. The zero-order valence-electron chi connectivity index (χ0n) is 8.90. The fraction of sp³-hybridized carbons (Fsp3) is 0.182. The van der Waals surface area contributed by atoms with Gasteiger partial charge in [0.05, 0.1) is 0 Å². The average Bonchev–Trinajstić information content (AvgIpc) is 2.74. The Morgan fingerprint density at radius 3 is 3.06 bits per heavy atom. The standard InChI is InChI=1S/C11H12N4O/c1-8-5-10(15-14-8)11(16)13-7-9-3-2-4-12-6-9/h2-6H,7H2,1H3,(H,13,16)(H,14,15). The second kappa shape index (κ2) is 4.57. The van der Waals surface area contributed by atoms with Crippen LogP contribution in [0.3, 0.4) is 0 Å². The summed E-state index contributed by atoms with van der Waals surface area (Å²) in [6, 6.07) is 5.45. The summed E-state index contributed by atoms with van der Waals surface area (Å²) in [5.41, 5.74) is 2.23. The van der Waals surface area contributed by atoms with E-state index in [0.29, 0.717) is 12.2 Å². The lowest BCUT2D eigenvalue weighted by atomic mass is 10.3. The van der Waals surface area contributed by atoms with E-state index in [1.54, 1.807) is 18.5 Å². The number of pyridine rings is 1. The molecule has 5 heteroatoms. The monoisotopic (exact) mass is 216 g/mol. The molecule has 0 aromatic carbocycles. The van der Waals surface area contributed by atoms with Gasteiger partial charge in [-0.15, -0.1) is 0 Å². The topological polar surface area (TPSA) is 70.7 Å². The lowest BCUT2D eigenvalue weighted by Crippen LogP contribution is -2.23. The van der Waals surface area contributed by atoms with E-state index in [1.807, 2.05) is 19.1 Å². The van der Waals surface area contributed by atoms with Crippen molar-refractivity contribution in [2.24, 2.45) is 0 Å². The number of hydrogen-bond donors (Lipinski definition) is 2. The smallest absolute Gasteiger partial charge is 0.272 e. The van der Waals surface area contributed by atoms with Gasteiger partial charge in [-0.2, -0.15) is 5.10 Å². The molecule has 2 aromatic heterocycles. The number of aromatic nitrogens is 3. The molecule has 0 atom stereocenters. The molecule has 2 rings (SSSR count). The molecule has 0 saturated heterocycles. The summed E-state index contributed by atoms with van der Waals surface area (Å²) in [6.45, 7) is 2.31. The van der Waals surface area contributed by atoms with Crippen LogP contribution in [0.1, 0.15) is 21.7 Å². The molecule has 0 saturated carbocycles. The summed E-state index contributed by atoms with van der Waals surface area (Å²) >= 11 is 0. The number of carbonyl (C=O) groups excluding carboxylic acids is 1. The Morgan fingerprint density at radius 2 is 2.44 bits per heavy atom. The van der Waals surface area contributed by atoms with Crippen LogP contribution in [-0.2, 0) is 6.54 Å². The number of aromatic amines is 1. The summed E-state index contributed by atoms with van der Waals surface area (Å²) in [4.78, 5) is 15.6. The Bertz CT molecular complexity index is 478. The molecule has 5 nitrogen and oxygen atoms in total. The van der Waals surface area contributed by atoms with Crippen molar-refractivity contribution in [2.45, 2.75) is 13.5 Å². The fourth-order valence-corrected chi connectivity index (χ4v) is 1.31. The van der Waals surface area contributed by atoms with Crippen LogP contribution in [0.4, 0.5) is 0 Å². The molecule has 0 spiro atoms. The minimum Gasteiger partial charge on any atom is -0.347 e. The van der Waals surface area contributed by atoms with Crippen molar-refractivity contribution in [1.29, 1.82) is 0 Å². The molecule has 0 radical (unpaired) electrons. The predicted molar refractivity (Wildman–Crippen MR) is 58.7 cm³/mol. The van der Waals surface area contributed by atoms with Gasteiger partial charge in [-0.3, -0.25) is 14.9 Å². The Morgan fingerprint density at radius 1 is 1.56 bits per heavy atom. The second-order valence-electron chi connectivity index (χ2n) is 3.48. The third kappa shape index (κ3) is 2.44. The van der Waals surface area contributed by atoms with Gasteiger partial charge in [-0.05, 0) is 24.6 Å². The van der Waals surface area contributed by atoms with Crippen LogP contribution >= 0.6 is 0 Å². The molecule has 0 aliphatic carbocycles. The highest BCUT2D eigenvalue weighted by atomic mass is 16.1. The molecular weight excluding hydrogens is 204 g/mol. The van der Waals surface area contributed by atoms with Gasteiger partial charge < -0.3 is 5.32 Å². The first-order valence-corrected chi connectivity index (χ1v) is 4.95. The zero-order valence-corrected chi connectivity index (χ0v) is 8.90. The molecule has 0 unspecified atom stereocenters. The average molecular weight is 216 g/mol. The van der Waals surface area contributed by atoms with Gasteiger partial charge in [0.25, 0.3) is 5.91 Å². The van der Waals surface area contributed by atoms with E-state index in [1.165, 1.54) is 0 Å². The van der Waals surface area contributed by atoms with E-state index >= 15 is 0 Å². The SMILES string of the molecule is Cc1cc(C(=O)NCc2cccnc2)n[nH]1. The van der Waals surface area contributed by atoms with Crippen LogP contribution in [0.25, 0.3) is 0 Å². The van der Waals surface area contributed by atoms with Gasteiger partial charge in [0, 0.05) is 24.6 Å². The first-order valence-electron chi connectivity index (χ1n) is 4.95. The number of H-pyrrole nitrogens is 1. The quantitative estimate of drug-likeness (QED) is 0.805. The number of aryl methyl sites for hydroxylation is 1. The molecule has 16 heavy (non-hydrogen) atoms. The van der Waals surface area contributed by atoms with E-state index in [-0.39, 0.29) is 5.91 Å². The van der Waals surface area contributed by atoms with E-state index in [0.717, 1.165) is 11.3 Å². The van der Waals surface area contributed by atoms with Crippen LogP contribution in [0.15, 0.2) is 30.6 Å². The van der Waals surface area contributed by atoms with Crippen molar-refractivity contribution in [3.63, 3.8) is 0 Å². The molecule has 0 fully saturated rings. The number of rotatable bonds is 3. The van der Waals surface area contributed by atoms with Crippen LogP contribution in [0.2, 0.25) is 0 Å². The maximum Gasteiger partial charge on any atom is 0.272 e. The lowest BCUT2D eigenvalue weighted by molar-refractivity contribution is 0.0946. The summed E-state index contributed by atoms with van der Waals surface area (Å²) < 4.78 is 0. The highest BCUT2D eigenvalue weighted by Gasteiger charge is 2.08. The summed E-state index contributed by atoms with van der Waals surface area (Å²) in [5, 5.41) is 9.37. The number of amides is 1. The van der Waals surface area contributed by atoms with E-state index in [9.17, 15) is 4.79 Å². The molecule has 0 aliphatic rings. The first-order chi connectivity index (χ1) is 7.75. The third-order valence-electron chi connectivity index (χ3n) is 2.11. The van der Waals surface area contributed by atoms with Crippen molar-refractivity contribution < 1.29 is 4.79 Å². The summed E-state index contributed by atoms with van der Waals surface area (Å²) in [5.74, 6) is -0.187. The number of nitrogens with one attached hydrogen (secondary N) is 2. The van der Waals surface area contributed by atoms with Crippen LogP contribution in [0.5, 0.6) is 0 Å². The van der Waals surface area contributed by atoms with Crippen LogP contribution in [-0.4, -0.2) is 21.1 Å². The van der Waals surface area contributed by atoms with Crippen molar-refractivity contribution in [1.82, 2.24) is 20.5 Å². The highest BCUT2D eigenvalue weighted by molar-refractivity contribution is 5.92. The highest BCUT2D eigenvalue weighted by Crippen LogP contribution is 1.99. The van der Waals surface area contributed by atoms with Crippen molar-refractivity contribution in [2.75, 3.05) is 0 Å². The van der Waals surface area contributed by atoms with Gasteiger partial charge >= 0.3 is 0 Å². The predicted octanol–water partition coefficient (Wildman–Crippen LogP) is 1.04. The zero-order chi connectivity index (χ0) is 11.4. The Hall–Kier alpha value is -2.17. The molecule has 2 aromatic rings. The van der Waals surface area contributed by atoms with E-state index in [2.05, 4.69) is 20.5 Å². The van der Waals surface area contributed by atoms with Crippen molar-refractivity contribution in [3.8, 4) is 0 Å². The normalized spacial score (nSPS) is 10.1.